The number of benzene rings is 1. The van der Waals surface area contributed by atoms with Gasteiger partial charge in [-0.2, -0.15) is 11.8 Å². The largest absolute Gasteiger partial charge is 0.488 e. The van der Waals surface area contributed by atoms with Crippen LogP contribution in [0.2, 0.25) is 0 Å². The first-order valence-electron chi connectivity index (χ1n) is 8.80. The third-order valence-corrected chi connectivity index (χ3v) is 5.14. The van der Waals surface area contributed by atoms with Gasteiger partial charge in [0.2, 0.25) is 5.91 Å². The lowest BCUT2D eigenvalue weighted by Gasteiger charge is -2.08. The van der Waals surface area contributed by atoms with E-state index < -0.39 is 7.12 Å². The molecule has 1 aromatic rings. The van der Waals surface area contributed by atoms with E-state index >= 15 is 0 Å². The molecule has 1 atom stereocenters. The molecule has 0 spiro atoms. The molecule has 5 nitrogen and oxygen atoms in total. The maximum atomic E-state index is 11.9. The Morgan fingerprint density at radius 1 is 1.20 bits per heavy atom. The molecule has 0 saturated heterocycles. The van der Waals surface area contributed by atoms with E-state index in [2.05, 4.69) is 5.32 Å². The van der Waals surface area contributed by atoms with Gasteiger partial charge in [0.05, 0.1) is 0 Å². The lowest BCUT2D eigenvalue weighted by Crippen LogP contribution is -2.30. The highest BCUT2D eigenvalue weighted by Gasteiger charge is 2.12. The van der Waals surface area contributed by atoms with Crippen molar-refractivity contribution in [1.82, 2.24) is 0 Å². The van der Waals surface area contributed by atoms with Gasteiger partial charge in [-0.25, -0.2) is 0 Å². The molecule has 0 heterocycles. The summed E-state index contributed by atoms with van der Waals surface area (Å²) in [6.45, 7) is 4.01. The molecule has 0 fully saturated rings. The number of unbranched alkanes of at least 4 members (excludes halogenated alkanes) is 1. The summed E-state index contributed by atoms with van der Waals surface area (Å²) < 4.78 is 0. The number of ketones is 1. The van der Waals surface area contributed by atoms with Crippen LogP contribution in [0.25, 0.3) is 0 Å². The van der Waals surface area contributed by atoms with E-state index in [1.54, 1.807) is 36.0 Å². The molecule has 1 amide bonds. The van der Waals surface area contributed by atoms with Crippen molar-refractivity contribution in [2.75, 3.05) is 16.8 Å². The molecule has 0 saturated carbocycles. The second-order valence-electron chi connectivity index (χ2n) is 6.14. The van der Waals surface area contributed by atoms with E-state index in [1.807, 2.05) is 13.8 Å². The highest BCUT2D eigenvalue weighted by molar-refractivity contribution is 7.99. The molecule has 0 aliphatic rings. The smallest absolute Gasteiger partial charge is 0.423 e. The average molecular weight is 365 g/mol. The fourth-order valence-corrected chi connectivity index (χ4v) is 3.19. The third kappa shape index (κ3) is 9.09. The molecule has 7 heteroatoms. The van der Waals surface area contributed by atoms with Gasteiger partial charge in [-0.15, -0.1) is 0 Å². The minimum absolute atomic E-state index is 0.0935. The van der Waals surface area contributed by atoms with Gasteiger partial charge < -0.3 is 15.4 Å². The number of hydrogen-bond donors (Lipinski definition) is 3. The zero-order chi connectivity index (χ0) is 18.7. The van der Waals surface area contributed by atoms with Gasteiger partial charge in [-0.1, -0.05) is 26.0 Å². The lowest BCUT2D eigenvalue weighted by atomic mass is 9.80. The Bertz CT molecular complexity index is 554. The van der Waals surface area contributed by atoms with Gasteiger partial charge in [-0.05, 0) is 42.6 Å². The summed E-state index contributed by atoms with van der Waals surface area (Å²) in [5, 5.41) is 21.0. The Hall–Kier alpha value is -1.31. The summed E-state index contributed by atoms with van der Waals surface area (Å²) in [5.41, 5.74) is 0.906. The van der Waals surface area contributed by atoms with Crippen molar-refractivity contribution >= 4 is 41.7 Å². The van der Waals surface area contributed by atoms with Crippen LogP contribution in [0.3, 0.4) is 0 Å². The van der Waals surface area contributed by atoms with Gasteiger partial charge in [0.1, 0.15) is 5.78 Å². The third-order valence-electron chi connectivity index (χ3n) is 4.07. The molecule has 3 N–H and O–H groups in total. The summed E-state index contributed by atoms with van der Waals surface area (Å²) in [6, 6.07) is 6.51. The highest BCUT2D eigenvalue weighted by Crippen LogP contribution is 2.12. The Kier molecular flexibility index (Phi) is 10.5. The fourth-order valence-electron chi connectivity index (χ4n) is 2.24. The standard InChI is InChI=1S/C18H28BNO4S/c1-3-14(2)17(21)9-4-5-11-25-12-10-18(22)20-16-8-6-7-15(13-16)19(23)24/h6-8,13-14,23-24H,3-5,9-12H2,1-2H3,(H,20,22). The van der Waals surface area contributed by atoms with Gasteiger partial charge in [0.15, 0.2) is 0 Å². The Labute approximate surface area is 154 Å². The van der Waals surface area contributed by atoms with Gasteiger partial charge in [0, 0.05) is 30.2 Å². The van der Waals surface area contributed by atoms with E-state index in [9.17, 15) is 9.59 Å². The van der Waals surface area contributed by atoms with Crippen LogP contribution in [0.5, 0.6) is 0 Å². The maximum Gasteiger partial charge on any atom is 0.488 e. The van der Waals surface area contributed by atoms with Gasteiger partial charge in [-0.3, -0.25) is 9.59 Å². The van der Waals surface area contributed by atoms with Crippen molar-refractivity contribution in [3.05, 3.63) is 24.3 Å². The van der Waals surface area contributed by atoms with Crippen molar-refractivity contribution < 1.29 is 19.6 Å². The topological polar surface area (TPSA) is 86.6 Å². The quantitative estimate of drug-likeness (QED) is 0.391. The molecule has 1 aromatic carbocycles. The minimum atomic E-state index is -1.54. The molecule has 1 unspecified atom stereocenters. The lowest BCUT2D eigenvalue weighted by molar-refractivity contribution is -0.122. The monoisotopic (exact) mass is 365 g/mol. The van der Waals surface area contributed by atoms with Crippen molar-refractivity contribution in [2.24, 2.45) is 5.92 Å². The zero-order valence-corrected chi connectivity index (χ0v) is 15.8. The van der Waals surface area contributed by atoms with E-state index in [0.29, 0.717) is 29.8 Å². The normalized spacial score (nSPS) is 11.8. The van der Waals surface area contributed by atoms with Crippen LogP contribution in [0.1, 0.15) is 46.0 Å². The van der Waals surface area contributed by atoms with Gasteiger partial charge >= 0.3 is 7.12 Å². The first-order valence-corrected chi connectivity index (χ1v) is 9.96. The highest BCUT2D eigenvalue weighted by atomic mass is 32.2. The average Bonchev–Trinajstić information content (AvgIpc) is 2.60. The first kappa shape index (κ1) is 21.7. The van der Waals surface area contributed by atoms with E-state index in [4.69, 9.17) is 10.0 Å². The second kappa shape index (κ2) is 12.1. The van der Waals surface area contributed by atoms with Crippen LogP contribution in [-0.2, 0) is 9.59 Å². The molecule has 25 heavy (non-hydrogen) atoms. The van der Waals surface area contributed by atoms with Crippen LogP contribution in [0.4, 0.5) is 5.69 Å². The van der Waals surface area contributed by atoms with Gasteiger partial charge in [0.25, 0.3) is 0 Å². The number of nitrogens with one attached hydrogen (secondary N) is 1. The van der Waals surface area contributed by atoms with Crippen molar-refractivity contribution in [3.63, 3.8) is 0 Å². The first-order chi connectivity index (χ1) is 11.9. The summed E-state index contributed by atoms with van der Waals surface area (Å²) in [5.74, 6) is 2.11. The van der Waals surface area contributed by atoms with Crippen molar-refractivity contribution in [2.45, 2.75) is 46.0 Å². The SMILES string of the molecule is CCC(C)C(=O)CCCCSCCC(=O)Nc1cccc(B(O)O)c1. The number of hydrogen-bond acceptors (Lipinski definition) is 5. The molecule has 138 valence electrons. The summed E-state index contributed by atoms with van der Waals surface area (Å²) in [6.07, 6.45) is 3.87. The predicted molar refractivity (Wildman–Crippen MR) is 105 cm³/mol. The minimum Gasteiger partial charge on any atom is -0.423 e. The summed E-state index contributed by atoms with van der Waals surface area (Å²) >= 11 is 1.71. The number of carbonyl (C=O) groups excluding carboxylic acids is 2. The molecular weight excluding hydrogens is 337 g/mol. The summed E-state index contributed by atoms with van der Waals surface area (Å²) in [7, 11) is -1.54. The number of amides is 1. The number of Topliss-reactive ketones (excluding diaryl/α,β-unsaturated/α-hetero) is 1. The molecular formula is C18H28BNO4S. The van der Waals surface area contributed by atoms with Crippen molar-refractivity contribution in [3.8, 4) is 0 Å². The number of rotatable bonds is 12. The number of carbonyl (C=O) groups is 2. The zero-order valence-electron chi connectivity index (χ0n) is 15.0. The van der Waals surface area contributed by atoms with Crippen LogP contribution in [0, 0.1) is 5.92 Å². The van der Waals surface area contributed by atoms with Crippen LogP contribution >= 0.6 is 11.8 Å². The van der Waals surface area contributed by atoms with Crippen LogP contribution in [-0.4, -0.2) is 40.4 Å². The maximum absolute atomic E-state index is 11.9. The number of anilines is 1. The molecule has 0 aromatic heterocycles. The Morgan fingerprint density at radius 2 is 1.96 bits per heavy atom. The molecule has 0 radical (unpaired) electrons. The molecule has 0 bridgehead atoms. The van der Waals surface area contributed by atoms with Crippen molar-refractivity contribution in [1.29, 1.82) is 0 Å². The van der Waals surface area contributed by atoms with E-state index in [0.717, 1.165) is 30.8 Å². The summed E-state index contributed by atoms with van der Waals surface area (Å²) in [4.78, 5) is 23.6. The van der Waals surface area contributed by atoms with E-state index in [-0.39, 0.29) is 11.8 Å². The number of thioether (sulfide) groups is 1. The Morgan fingerprint density at radius 3 is 2.64 bits per heavy atom. The molecule has 1 rings (SSSR count). The van der Waals surface area contributed by atoms with Crippen LogP contribution in [0.15, 0.2) is 24.3 Å². The second-order valence-corrected chi connectivity index (χ2v) is 7.37. The predicted octanol–water partition coefficient (Wildman–Crippen LogP) is 2.21. The fraction of sp³-hybridized carbons (Fsp3) is 0.556. The molecule has 0 aliphatic carbocycles. The Balaban J connectivity index is 2.13. The molecule has 0 aliphatic heterocycles. The van der Waals surface area contributed by atoms with E-state index in [1.165, 1.54) is 0 Å². The van der Waals surface area contributed by atoms with Crippen LogP contribution < -0.4 is 10.8 Å².